The molecular formula is C13H20F3N3O2. The van der Waals surface area contributed by atoms with Gasteiger partial charge in [0.25, 0.3) is 0 Å². The van der Waals surface area contributed by atoms with E-state index in [1.54, 1.807) is 13.8 Å². The summed E-state index contributed by atoms with van der Waals surface area (Å²) in [7, 11) is 0. The molecule has 5 nitrogen and oxygen atoms in total. The fourth-order valence-corrected chi connectivity index (χ4v) is 2.24. The van der Waals surface area contributed by atoms with Gasteiger partial charge in [0.2, 0.25) is 5.91 Å². The molecule has 0 fully saturated rings. The molecule has 2 N–H and O–H groups in total. The Hall–Kier alpha value is -1.57. The molecule has 1 rings (SSSR count). The molecular weight excluding hydrogens is 287 g/mol. The number of halogens is 3. The van der Waals surface area contributed by atoms with E-state index < -0.39 is 18.6 Å². The lowest BCUT2D eigenvalue weighted by molar-refractivity contribution is -0.143. The lowest BCUT2D eigenvalue weighted by Crippen LogP contribution is -2.29. The van der Waals surface area contributed by atoms with Gasteiger partial charge in [0.05, 0.1) is 11.6 Å². The van der Waals surface area contributed by atoms with E-state index in [2.05, 4.69) is 10.4 Å². The average Bonchev–Trinajstić information content (AvgIpc) is 2.61. The Balaban J connectivity index is 2.90. The summed E-state index contributed by atoms with van der Waals surface area (Å²) in [5.41, 5.74) is 1.27. The van der Waals surface area contributed by atoms with E-state index in [-0.39, 0.29) is 12.5 Å². The van der Waals surface area contributed by atoms with Gasteiger partial charge in [0.1, 0.15) is 6.54 Å². The van der Waals surface area contributed by atoms with Crippen molar-refractivity contribution < 1.29 is 23.1 Å². The van der Waals surface area contributed by atoms with Crippen LogP contribution in [-0.4, -0.2) is 40.1 Å². The maximum absolute atomic E-state index is 12.5. The van der Waals surface area contributed by atoms with Crippen LogP contribution in [0, 0.1) is 13.8 Å². The fraction of sp³-hybridized carbons (Fsp3) is 0.692. The Morgan fingerprint density at radius 2 is 2.05 bits per heavy atom. The highest BCUT2D eigenvalue weighted by atomic mass is 19.4. The largest absolute Gasteiger partial charge is 0.408 e. The van der Waals surface area contributed by atoms with Crippen molar-refractivity contribution in [1.82, 2.24) is 15.1 Å². The molecule has 8 heteroatoms. The van der Waals surface area contributed by atoms with Gasteiger partial charge >= 0.3 is 6.18 Å². The van der Waals surface area contributed by atoms with E-state index in [0.717, 1.165) is 4.68 Å². The van der Waals surface area contributed by atoms with Crippen LogP contribution in [0.2, 0.25) is 0 Å². The molecule has 0 saturated carbocycles. The van der Waals surface area contributed by atoms with E-state index in [4.69, 9.17) is 5.11 Å². The molecule has 1 atom stereocenters. The SMILES string of the molecule is Cc1nn(CC(F)(F)F)c(C)c1C(C)C(=O)NCCCO. The Kier molecular flexibility index (Phi) is 5.77. The first-order valence-electron chi connectivity index (χ1n) is 6.66. The van der Waals surface area contributed by atoms with Gasteiger partial charge < -0.3 is 10.4 Å². The van der Waals surface area contributed by atoms with Gasteiger partial charge in [-0.25, -0.2) is 0 Å². The molecule has 0 aliphatic carbocycles. The molecule has 1 aromatic heterocycles. The Morgan fingerprint density at radius 1 is 1.43 bits per heavy atom. The number of carbonyl (C=O) groups is 1. The minimum absolute atomic E-state index is 0.0315. The Morgan fingerprint density at radius 3 is 2.57 bits per heavy atom. The number of aryl methyl sites for hydroxylation is 1. The number of aliphatic hydroxyl groups is 1. The number of aromatic nitrogens is 2. The zero-order valence-electron chi connectivity index (χ0n) is 12.3. The highest BCUT2D eigenvalue weighted by molar-refractivity contribution is 5.83. The summed E-state index contributed by atoms with van der Waals surface area (Å²) in [4.78, 5) is 12.0. The van der Waals surface area contributed by atoms with Gasteiger partial charge in [-0.3, -0.25) is 9.48 Å². The quantitative estimate of drug-likeness (QED) is 0.786. The number of nitrogens with zero attached hydrogens (tertiary/aromatic N) is 2. The summed E-state index contributed by atoms with van der Waals surface area (Å²) in [6.45, 7) is 3.87. The zero-order chi connectivity index (χ0) is 16.2. The normalized spacial score (nSPS) is 13.3. The molecule has 1 aromatic rings. The molecule has 0 spiro atoms. The number of nitrogens with one attached hydrogen (secondary N) is 1. The predicted octanol–water partition coefficient (Wildman–Crippen LogP) is 1.66. The molecule has 0 saturated heterocycles. The van der Waals surface area contributed by atoms with Crippen molar-refractivity contribution in [3.05, 3.63) is 17.0 Å². The second-order valence-corrected chi connectivity index (χ2v) is 4.95. The minimum Gasteiger partial charge on any atom is -0.396 e. The molecule has 1 unspecified atom stereocenters. The van der Waals surface area contributed by atoms with E-state index >= 15 is 0 Å². The van der Waals surface area contributed by atoms with Crippen molar-refractivity contribution >= 4 is 5.91 Å². The van der Waals surface area contributed by atoms with Gasteiger partial charge in [-0.05, 0) is 27.2 Å². The van der Waals surface area contributed by atoms with E-state index in [1.165, 1.54) is 6.92 Å². The van der Waals surface area contributed by atoms with Crippen LogP contribution in [0.25, 0.3) is 0 Å². The topological polar surface area (TPSA) is 67.2 Å². The first-order valence-corrected chi connectivity index (χ1v) is 6.66. The third-order valence-corrected chi connectivity index (χ3v) is 3.23. The van der Waals surface area contributed by atoms with E-state index in [9.17, 15) is 18.0 Å². The number of amides is 1. The summed E-state index contributed by atoms with van der Waals surface area (Å²) >= 11 is 0. The fourth-order valence-electron chi connectivity index (χ4n) is 2.24. The van der Waals surface area contributed by atoms with E-state index in [1.807, 2.05) is 0 Å². The van der Waals surface area contributed by atoms with Crippen LogP contribution in [0.5, 0.6) is 0 Å². The lowest BCUT2D eigenvalue weighted by Gasteiger charge is -2.13. The first kappa shape index (κ1) is 17.5. The highest BCUT2D eigenvalue weighted by Gasteiger charge is 2.31. The number of carbonyl (C=O) groups excluding carboxylic acids is 1. The van der Waals surface area contributed by atoms with Gasteiger partial charge in [-0.15, -0.1) is 0 Å². The molecule has 1 amide bonds. The molecule has 0 aromatic carbocycles. The molecule has 21 heavy (non-hydrogen) atoms. The summed E-state index contributed by atoms with van der Waals surface area (Å²) in [6, 6.07) is 0. The Bertz CT molecular complexity index is 498. The standard InChI is InChI=1S/C13H20F3N3O2/c1-8(12(21)17-5-4-6-20)11-9(2)18-19(10(11)3)7-13(14,15)16/h8,20H,4-7H2,1-3H3,(H,17,21). The molecule has 0 bridgehead atoms. The molecule has 0 aliphatic heterocycles. The summed E-state index contributed by atoms with van der Waals surface area (Å²) in [5, 5.41) is 15.2. The molecule has 0 aliphatic rings. The molecule has 0 radical (unpaired) electrons. The van der Waals surface area contributed by atoms with E-state index in [0.29, 0.717) is 29.9 Å². The average molecular weight is 307 g/mol. The van der Waals surface area contributed by atoms with Crippen LogP contribution < -0.4 is 5.32 Å². The lowest BCUT2D eigenvalue weighted by atomic mass is 9.98. The van der Waals surface area contributed by atoms with Crippen LogP contribution >= 0.6 is 0 Å². The van der Waals surface area contributed by atoms with Crippen molar-refractivity contribution in [2.24, 2.45) is 0 Å². The van der Waals surface area contributed by atoms with Gasteiger partial charge in [-0.2, -0.15) is 18.3 Å². The van der Waals surface area contributed by atoms with Crippen molar-refractivity contribution in [2.75, 3.05) is 13.2 Å². The van der Waals surface area contributed by atoms with Crippen molar-refractivity contribution in [3.8, 4) is 0 Å². The molecule has 120 valence electrons. The van der Waals surface area contributed by atoms with Crippen LogP contribution in [0.1, 0.15) is 36.2 Å². The second-order valence-electron chi connectivity index (χ2n) is 4.95. The van der Waals surface area contributed by atoms with Gasteiger partial charge in [0, 0.05) is 24.4 Å². The number of alkyl halides is 3. The van der Waals surface area contributed by atoms with Crippen LogP contribution in [0.15, 0.2) is 0 Å². The minimum atomic E-state index is -4.35. The first-order chi connectivity index (χ1) is 9.67. The predicted molar refractivity (Wildman–Crippen MR) is 70.9 cm³/mol. The molecule has 1 heterocycles. The summed E-state index contributed by atoms with van der Waals surface area (Å²) in [5.74, 6) is -0.883. The third kappa shape index (κ3) is 4.73. The van der Waals surface area contributed by atoms with Gasteiger partial charge in [0.15, 0.2) is 0 Å². The number of hydrogen-bond acceptors (Lipinski definition) is 3. The number of rotatable bonds is 6. The third-order valence-electron chi connectivity index (χ3n) is 3.23. The van der Waals surface area contributed by atoms with Gasteiger partial charge in [-0.1, -0.05) is 0 Å². The second kappa shape index (κ2) is 6.93. The highest BCUT2D eigenvalue weighted by Crippen LogP contribution is 2.26. The monoisotopic (exact) mass is 307 g/mol. The van der Waals surface area contributed by atoms with Crippen molar-refractivity contribution in [3.63, 3.8) is 0 Å². The van der Waals surface area contributed by atoms with Crippen LogP contribution in [0.4, 0.5) is 13.2 Å². The number of hydrogen-bond donors (Lipinski definition) is 2. The maximum atomic E-state index is 12.5. The van der Waals surface area contributed by atoms with Crippen LogP contribution in [0.3, 0.4) is 0 Å². The van der Waals surface area contributed by atoms with Crippen LogP contribution in [-0.2, 0) is 11.3 Å². The summed E-state index contributed by atoms with van der Waals surface area (Å²) < 4.78 is 38.3. The number of aliphatic hydroxyl groups excluding tert-OH is 1. The summed E-state index contributed by atoms with van der Waals surface area (Å²) in [6.07, 6.45) is -3.92. The maximum Gasteiger partial charge on any atom is 0.408 e. The smallest absolute Gasteiger partial charge is 0.396 e. The zero-order valence-corrected chi connectivity index (χ0v) is 12.3. The Labute approximate surface area is 121 Å². The van der Waals surface area contributed by atoms with Crippen molar-refractivity contribution in [1.29, 1.82) is 0 Å². The van der Waals surface area contributed by atoms with Crippen molar-refractivity contribution in [2.45, 2.75) is 45.8 Å².